The Balaban J connectivity index is 0.000000463. The van der Waals surface area contributed by atoms with Gasteiger partial charge in [-0.2, -0.15) is 0 Å². The third-order valence-electron chi connectivity index (χ3n) is 4.26. The zero-order chi connectivity index (χ0) is 17.2. The summed E-state index contributed by atoms with van der Waals surface area (Å²) >= 11 is 0. The van der Waals surface area contributed by atoms with Crippen molar-refractivity contribution in [2.45, 2.75) is 52.4 Å². The zero-order valence-electron chi connectivity index (χ0n) is 14.5. The number of carbonyl (C=O) groups excluding carboxylic acids is 1. The number of carboxylic acids is 1. The first-order valence-electron chi connectivity index (χ1n) is 8.54. The van der Waals surface area contributed by atoms with Gasteiger partial charge in [0.25, 0.3) is 0 Å². The number of hydrogen-bond acceptors (Lipinski definition) is 3. The Labute approximate surface area is 139 Å². The molecule has 2 rings (SSSR count). The zero-order valence-corrected chi connectivity index (χ0v) is 14.5. The highest BCUT2D eigenvalue weighted by molar-refractivity contribution is 5.83. The lowest BCUT2D eigenvalue weighted by Gasteiger charge is -2.10. The van der Waals surface area contributed by atoms with Crippen LogP contribution in [0.3, 0.4) is 0 Å². The molecule has 1 aromatic carbocycles. The second-order valence-corrected chi connectivity index (χ2v) is 6.02. The first-order chi connectivity index (χ1) is 11.0. The Morgan fingerprint density at radius 1 is 1.26 bits per heavy atom. The Morgan fingerprint density at radius 3 is 2.26 bits per heavy atom. The van der Waals surface area contributed by atoms with Crippen LogP contribution in [-0.2, 0) is 16.0 Å². The van der Waals surface area contributed by atoms with E-state index in [1.807, 2.05) is 24.3 Å². The maximum absolute atomic E-state index is 11.6. The lowest BCUT2D eigenvalue weighted by Crippen LogP contribution is -2.10. The lowest BCUT2D eigenvalue weighted by atomic mass is 9.94. The predicted molar refractivity (Wildman–Crippen MR) is 92.8 cm³/mol. The molecule has 0 saturated heterocycles. The number of nitrogens with one attached hydrogen (secondary N) is 1. The number of ketones is 1. The molecule has 1 fully saturated rings. The molecule has 0 heterocycles. The van der Waals surface area contributed by atoms with Crippen molar-refractivity contribution >= 4 is 11.8 Å². The van der Waals surface area contributed by atoms with E-state index < -0.39 is 11.9 Å². The van der Waals surface area contributed by atoms with Crippen LogP contribution in [0.15, 0.2) is 24.3 Å². The summed E-state index contributed by atoms with van der Waals surface area (Å²) in [6.07, 6.45) is 3.52. The third-order valence-corrected chi connectivity index (χ3v) is 4.26. The molecule has 2 unspecified atom stereocenters. The van der Waals surface area contributed by atoms with Crippen molar-refractivity contribution in [3.05, 3.63) is 35.4 Å². The van der Waals surface area contributed by atoms with Crippen molar-refractivity contribution in [3.8, 4) is 0 Å². The van der Waals surface area contributed by atoms with Gasteiger partial charge in [-0.3, -0.25) is 9.59 Å². The highest BCUT2D eigenvalue weighted by atomic mass is 16.4. The van der Waals surface area contributed by atoms with Gasteiger partial charge >= 0.3 is 5.97 Å². The van der Waals surface area contributed by atoms with Gasteiger partial charge in [0.2, 0.25) is 0 Å². The summed E-state index contributed by atoms with van der Waals surface area (Å²) in [6, 6.07) is 7.60. The molecule has 1 aromatic rings. The molecule has 2 atom stereocenters. The fraction of sp³-hybridized carbons (Fsp3) is 0.579. The fourth-order valence-corrected chi connectivity index (χ4v) is 2.72. The molecule has 1 aliphatic rings. The van der Waals surface area contributed by atoms with Crippen molar-refractivity contribution in [2.75, 3.05) is 13.1 Å². The standard InChI is InChI=1S/C15H18O3.C4H11N/c1-10(15(17)18)12-7-5-11(6-8-12)9-13-3-2-4-14(13)16;1-3-5-4-2/h5-8,10,13H,2-4,9H2,1H3,(H,17,18);5H,3-4H2,1-2H3. The van der Waals surface area contributed by atoms with E-state index in [2.05, 4.69) is 19.2 Å². The number of carboxylic acid groups (broad SMARTS) is 1. The van der Waals surface area contributed by atoms with Crippen LogP contribution in [0.2, 0.25) is 0 Å². The molecular weight excluding hydrogens is 290 g/mol. The number of benzene rings is 1. The van der Waals surface area contributed by atoms with Gasteiger partial charge in [-0.05, 0) is 50.4 Å². The number of rotatable bonds is 6. The highest BCUT2D eigenvalue weighted by Gasteiger charge is 2.24. The lowest BCUT2D eigenvalue weighted by molar-refractivity contribution is -0.138. The maximum atomic E-state index is 11.6. The summed E-state index contributed by atoms with van der Waals surface area (Å²) in [4.78, 5) is 22.4. The van der Waals surface area contributed by atoms with Gasteiger partial charge in [0, 0.05) is 12.3 Å². The Hall–Kier alpha value is -1.68. The molecule has 4 nitrogen and oxygen atoms in total. The summed E-state index contributed by atoms with van der Waals surface area (Å²) in [5.74, 6) is -0.744. The molecule has 0 spiro atoms. The van der Waals surface area contributed by atoms with Gasteiger partial charge in [-0.1, -0.05) is 38.1 Å². The second kappa shape index (κ2) is 10.2. The van der Waals surface area contributed by atoms with Crippen LogP contribution in [0, 0.1) is 5.92 Å². The molecule has 1 saturated carbocycles. The molecule has 0 bridgehead atoms. The fourth-order valence-electron chi connectivity index (χ4n) is 2.72. The highest BCUT2D eigenvalue weighted by Crippen LogP contribution is 2.25. The summed E-state index contributed by atoms with van der Waals surface area (Å²) < 4.78 is 0. The van der Waals surface area contributed by atoms with Gasteiger partial charge in [0.15, 0.2) is 0 Å². The van der Waals surface area contributed by atoms with E-state index in [0.29, 0.717) is 5.78 Å². The third kappa shape index (κ3) is 6.53. The van der Waals surface area contributed by atoms with E-state index in [9.17, 15) is 9.59 Å². The quantitative estimate of drug-likeness (QED) is 0.843. The number of Topliss-reactive ketones (excluding diaryl/α,β-unsaturated/α-hetero) is 1. The van der Waals surface area contributed by atoms with Crippen LogP contribution in [0.25, 0.3) is 0 Å². The summed E-state index contributed by atoms with van der Waals surface area (Å²) in [5.41, 5.74) is 1.93. The van der Waals surface area contributed by atoms with Crippen molar-refractivity contribution in [2.24, 2.45) is 5.92 Å². The molecule has 0 aliphatic heterocycles. The minimum Gasteiger partial charge on any atom is -0.481 e. The van der Waals surface area contributed by atoms with Crippen molar-refractivity contribution < 1.29 is 14.7 Å². The first kappa shape index (κ1) is 19.4. The van der Waals surface area contributed by atoms with Crippen LogP contribution in [0.5, 0.6) is 0 Å². The van der Waals surface area contributed by atoms with E-state index in [0.717, 1.165) is 49.9 Å². The normalized spacial score (nSPS) is 18.2. The largest absolute Gasteiger partial charge is 0.481 e. The monoisotopic (exact) mass is 319 g/mol. The molecule has 0 amide bonds. The molecule has 0 radical (unpaired) electrons. The van der Waals surface area contributed by atoms with Gasteiger partial charge in [0.05, 0.1) is 5.92 Å². The molecule has 4 heteroatoms. The van der Waals surface area contributed by atoms with Crippen LogP contribution in [-0.4, -0.2) is 29.9 Å². The van der Waals surface area contributed by atoms with E-state index >= 15 is 0 Å². The first-order valence-corrected chi connectivity index (χ1v) is 8.54. The van der Waals surface area contributed by atoms with E-state index in [-0.39, 0.29) is 5.92 Å². The minimum absolute atomic E-state index is 0.174. The molecule has 23 heavy (non-hydrogen) atoms. The number of carbonyl (C=O) groups is 2. The van der Waals surface area contributed by atoms with Crippen molar-refractivity contribution in [3.63, 3.8) is 0 Å². The van der Waals surface area contributed by atoms with Crippen LogP contribution in [0.4, 0.5) is 0 Å². The summed E-state index contributed by atoms with van der Waals surface area (Å²) in [5, 5.41) is 12.0. The minimum atomic E-state index is -0.811. The Kier molecular flexibility index (Phi) is 8.56. The molecule has 2 N–H and O–H groups in total. The molecule has 128 valence electrons. The average molecular weight is 319 g/mol. The summed E-state index contributed by atoms with van der Waals surface area (Å²) in [7, 11) is 0. The van der Waals surface area contributed by atoms with E-state index in [1.54, 1.807) is 6.92 Å². The topological polar surface area (TPSA) is 66.4 Å². The van der Waals surface area contributed by atoms with Gasteiger partial charge < -0.3 is 10.4 Å². The van der Waals surface area contributed by atoms with Crippen LogP contribution >= 0.6 is 0 Å². The maximum Gasteiger partial charge on any atom is 0.310 e. The second-order valence-electron chi connectivity index (χ2n) is 6.02. The number of aliphatic carboxylic acids is 1. The number of hydrogen-bond donors (Lipinski definition) is 2. The SMILES string of the molecule is CC(C(=O)O)c1ccc(CC2CCCC2=O)cc1.CCNCC. The van der Waals surface area contributed by atoms with Gasteiger partial charge in [-0.25, -0.2) is 0 Å². The smallest absolute Gasteiger partial charge is 0.310 e. The summed E-state index contributed by atoms with van der Waals surface area (Å²) in [6.45, 7) is 8.07. The molecular formula is C19H29NO3. The molecule has 1 aliphatic carbocycles. The Morgan fingerprint density at radius 2 is 1.87 bits per heavy atom. The van der Waals surface area contributed by atoms with Crippen molar-refractivity contribution in [1.29, 1.82) is 0 Å². The molecule has 0 aromatic heterocycles. The Bertz CT molecular complexity index is 494. The average Bonchev–Trinajstić information content (AvgIpc) is 2.94. The van der Waals surface area contributed by atoms with Crippen LogP contribution in [0.1, 0.15) is 57.1 Å². The van der Waals surface area contributed by atoms with Gasteiger partial charge in [-0.15, -0.1) is 0 Å². The van der Waals surface area contributed by atoms with E-state index in [4.69, 9.17) is 5.11 Å². The van der Waals surface area contributed by atoms with Crippen LogP contribution < -0.4 is 5.32 Å². The van der Waals surface area contributed by atoms with Crippen molar-refractivity contribution in [1.82, 2.24) is 5.32 Å². The van der Waals surface area contributed by atoms with E-state index in [1.165, 1.54) is 0 Å². The predicted octanol–water partition coefficient (Wildman–Crippen LogP) is 3.40. The van der Waals surface area contributed by atoms with Gasteiger partial charge in [0.1, 0.15) is 5.78 Å².